The fraction of sp³-hybridized carbons (Fsp3) is 0. The number of fused-ring (bicyclic) bond motifs is 13. The zero-order valence-electron chi connectivity index (χ0n) is 27.2. The van der Waals surface area contributed by atoms with Crippen molar-refractivity contribution in [2.24, 2.45) is 0 Å². The van der Waals surface area contributed by atoms with Crippen LogP contribution in [-0.2, 0) is 0 Å². The Balaban J connectivity index is 1.12. The fourth-order valence-corrected chi connectivity index (χ4v) is 9.73. The monoisotopic (exact) mass is 666 g/mol. The third-order valence-corrected chi connectivity index (χ3v) is 12.0. The third-order valence-electron chi connectivity index (χ3n) is 10.8. The number of para-hydroxylation sites is 1. The predicted molar refractivity (Wildman–Crippen MR) is 217 cm³/mol. The maximum absolute atomic E-state index is 6.54. The molecular weight excluding hydrogens is 641 g/mol. The van der Waals surface area contributed by atoms with Crippen LogP contribution in [0.1, 0.15) is 0 Å². The highest BCUT2D eigenvalue weighted by Gasteiger charge is 2.19. The highest BCUT2D eigenvalue weighted by atomic mass is 32.1. The summed E-state index contributed by atoms with van der Waals surface area (Å²) in [5, 5.41) is 14.6. The van der Waals surface area contributed by atoms with Gasteiger partial charge in [-0.05, 0) is 109 Å². The van der Waals surface area contributed by atoms with Gasteiger partial charge in [0.25, 0.3) is 0 Å². The van der Waals surface area contributed by atoms with Crippen LogP contribution < -0.4 is 0 Å². The lowest BCUT2D eigenvalue weighted by Crippen LogP contribution is -1.90. The van der Waals surface area contributed by atoms with Gasteiger partial charge in [-0.25, -0.2) is 0 Å². The van der Waals surface area contributed by atoms with Crippen molar-refractivity contribution in [3.63, 3.8) is 0 Å². The quantitative estimate of drug-likeness (QED) is 0.172. The van der Waals surface area contributed by atoms with Gasteiger partial charge in [0.1, 0.15) is 22.3 Å². The van der Waals surface area contributed by atoms with Gasteiger partial charge in [0.05, 0.1) is 0 Å². The van der Waals surface area contributed by atoms with E-state index in [1.165, 1.54) is 69.2 Å². The molecule has 236 valence electrons. The average molecular weight is 667 g/mol. The molecule has 12 aromatic rings. The lowest BCUT2D eigenvalue weighted by molar-refractivity contribution is 0.669. The molecule has 3 heteroatoms. The lowest BCUT2D eigenvalue weighted by Gasteiger charge is -2.17. The molecule has 0 unspecified atom stereocenters. The number of thiophene rings is 1. The minimum atomic E-state index is 0.903. The van der Waals surface area contributed by atoms with Crippen LogP contribution in [0.4, 0.5) is 0 Å². The van der Waals surface area contributed by atoms with Crippen molar-refractivity contribution in [3.8, 4) is 22.3 Å². The van der Waals surface area contributed by atoms with Crippen molar-refractivity contribution in [3.05, 3.63) is 158 Å². The summed E-state index contributed by atoms with van der Waals surface area (Å²) in [5.74, 6) is 0. The maximum atomic E-state index is 6.54. The summed E-state index contributed by atoms with van der Waals surface area (Å²) >= 11 is 1.86. The first-order valence-corrected chi connectivity index (χ1v) is 18.1. The molecule has 0 N–H and O–H groups in total. The number of hydrogen-bond acceptors (Lipinski definition) is 3. The van der Waals surface area contributed by atoms with Crippen molar-refractivity contribution >= 4 is 108 Å². The summed E-state index contributed by atoms with van der Waals surface area (Å²) in [6.45, 7) is 0. The summed E-state index contributed by atoms with van der Waals surface area (Å²) in [5.41, 5.74) is 8.42. The van der Waals surface area contributed by atoms with Crippen LogP contribution in [0.5, 0.6) is 0 Å². The maximum Gasteiger partial charge on any atom is 0.136 e. The van der Waals surface area contributed by atoms with Gasteiger partial charge >= 0.3 is 0 Å². The molecule has 0 atom stereocenters. The molecule has 0 aliphatic heterocycles. The first kappa shape index (κ1) is 27.4. The summed E-state index contributed by atoms with van der Waals surface area (Å²) < 4.78 is 15.5. The SMILES string of the molecule is c1ccc2c(c1)oc1cc(-c3c4ccccc4c(-c4ccc5oc6cc7ccc8sc9ccccc9c8c7cc6c5c4)c4ccccc34)ccc12. The first-order chi connectivity index (χ1) is 25.3. The number of hydrogen-bond donors (Lipinski definition) is 0. The standard InChI is InChI=1S/C48H26O2S/c1-3-12-34-32(10-1)46(33-11-2-4-13-35(33)47(34)29-17-20-31-30-9-5-7-15-40(30)49-42(31)25-29)28-18-21-41-38(23-28)39-26-37-27(24-43(39)50-41)19-22-45-48(37)36-14-6-8-16-44(36)51-45/h1-26H. The molecule has 0 saturated carbocycles. The van der Waals surface area contributed by atoms with Gasteiger partial charge in [-0.2, -0.15) is 0 Å². The van der Waals surface area contributed by atoms with Crippen molar-refractivity contribution in [2.45, 2.75) is 0 Å². The largest absolute Gasteiger partial charge is 0.456 e. The van der Waals surface area contributed by atoms with Gasteiger partial charge in [0.2, 0.25) is 0 Å². The Morgan fingerprint density at radius 3 is 1.61 bits per heavy atom. The summed E-state index contributed by atoms with van der Waals surface area (Å²) in [7, 11) is 0. The van der Waals surface area contributed by atoms with Crippen LogP contribution in [0.3, 0.4) is 0 Å². The molecular formula is C48H26O2S. The van der Waals surface area contributed by atoms with Crippen LogP contribution in [0, 0.1) is 0 Å². The average Bonchev–Trinajstić information content (AvgIpc) is 3.86. The molecule has 0 radical (unpaired) electrons. The van der Waals surface area contributed by atoms with E-state index >= 15 is 0 Å². The lowest BCUT2D eigenvalue weighted by atomic mass is 9.85. The van der Waals surface area contributed by atoms with E-state index in [1.54, 1.807) is 0 Å². The van der Waals surface area contributed by atoms with Crippen LogP contribution >= 0.6 is 11.3 Å². The number of benzene rings is 9. The van der Waals surface area contributed by atoms with Gasteiger partial charge in [0.15, 0.2) is 0 Å². The van der Waals surface area contributed by atoms with Crippen molar-refractivity contribution < 1.29 is 8.83 Å². The van der Waals surface area contributed by atoms with Crippen LogP contribution in [0.15, 0.2) is 167 Å². The van der Waals surface area contributed by atoms with E-state index in [4.69, 9.17) is 8.83 Å². The topological polar surface area (TPSA) is 26.3 Å². The Morgan fingerprint density at radius 2 is 0.863 bits per heavy atom. The molecule has 0 saturated heterocycles. The Kier molecular flexibility index (Phi) is 5.41. The van der Waals surface area contributed by atoms with E-state index in [0.717, 1.165) is 49.4 Å². The Hall–Kier alpha value is -6.42. The van der Waals surface area contributed by atoms with Gasteiger partial charge in [-0.3, -0.25) is 0 Å². The minimum Gasteiger partial charge on any atom is -0.456 e. The highest BCUT2D eigenvalue weighted by Crippen LogP contribution is 2.46. The summed E-state index contributed by atoms with van der Waals surface area (Å²) in [4.78, 5) is 0. The molecule has 0 fully saturated rings. The van der Waals surface area contributed by atoms with Gasteiger partial charge in [-0.1, -0.05) is 103 Å². The molecule has 0 aliphatic carbocycles. The molecule has 0 aliphatic rings. The number of rotatable bonds is 2. The molecule has 51 heavy (non-hydrogen) atoms. The van der Waals surface area contributed by atoms with Crippen molar-refractivity contribution in [1.82, 2.24) is 0 Å². The zero-order chi connectivity index (χ0) is 33.2. The van der Waals surface area contributed by atoms with E-state index in [0.29, 0.717) is 0 Å². The van der Waals surface area contributed by atoms with Crippen molar-refractivity contribution in [2.75, 3.05) is 0 Å². The van der Waals surface area contributed by atoms with E-state index in [1.807, 2.05) is 23.5 Å². The molecule has 2 nitrogen and oxygen atoms in total. The van der Waals surface area contributed by atoms with E-state index in [-0.39, 0.29) is 0 Å². The van der Waals surface area contributed by atoms with Crippen molar-refractivity contribution in [1.29, 1.82) is 0 Å². The molecule has 12 rings (SSSR count). The van der Waals surface area contributed by atoms with E-state index in [9.17, 15) is 0 Å². The molecule has 0 amide bonds. The van der Waals surface area contributed by atoms with E-state index < -0.39 is 0 Å². The summed E-state index contributed by atoms with van der Waals surface area (Å²) in [6.07, 6.45) is 0. The fourth-order valence-electron chi connectivity index (χ4n) is 8.61. The Labute approximate surface area is 295 Å². The smallest absolute Gasteiger partial charge is 0.136 e. The second-order valence-corrected chi connectivity index (χ2v) is 14.7. The van der Waals surface area contributed by atoms with Crippen LogP contribution in [0.25, 0.3) is 119 Å². The molecule has 9 aromatic carbocycles. The number of furan rings is 2. The molecule has 0 bridgehead atoms. The Morgan fingerprint density at radius 1 is 0.314 bits per heavy atom. The first-order valence-electron chi connectivity index (χ1n) is 17.3. The van der Waals surface area contributed by atoms with E-state index in [2.05, 4.69) is 146 Å². The molecule has 3 aromatic heterocycles. The third kappa shape index (κ3) is 3.81. The van der Waals surface area contributed by atoms with Gasteiger partial charge in [0, 0.05) is 41.7 Å². The minimum absolute atomic E-state index is 0.903. The Bertz CT molecular complexity index is 3370. The van der Waals surface area contributed by atoms with Crippen LogP contribution in [-0.4, -0.2) is 0 Å². The van der Waals surface area contributed by atoms with Gasteiger partial charge < -0.3 is 8.83 Å². The molecule has 0 spiro atoms. The second-order valence-electron chi connectivity index (χ2n) is 13.6. The second kappa shape index (κ2) is 10.1. The van der Waals surface area contributed by atoms with Crippen LogP contribution in [0.2, 0.25) is 0 Å². The predicted octanol–water partition coefficient (Wildman–Crippen LogP) is 14.6. The summed E-state index contributed by atoms with van der Waals surface area (Å²) in [6, 6.07) is 57.1. The highest BCUT2D eigenvalue weighted by molar-refractivity contribution is 7.26. The zero-order valence-corrected chi connectivity index (χ0v) is 28.1. The van der Waals surface area contributed by atoms with Gasteiger partial charge in [-0.15, -0.1) is 11.3 Å². The molecule has 3 heterocycles. The normalized spacial score (nSPS) is 12.3.